The monoisotopic (exact) mass is 380 g/mol. The number of hydrogen-bond acceptors (Lipinski definition) is 3. The van der Waals surface area contributed by atoms with Crippen molar-refractivity contribution in [3.05, 3.63) is 64.7 Å². The van der Waals surface area contributed by atoms with E-state index in [4.69, 9.17) is 11.0 Å². The lowest BCUT2D eigenvalue weighted by Crippen LogP contribution is -2.43. The first-order valence-corrected chi connectivity index (χ1v) is 8.98. The highest BCUT2D eigenvalue weighted by Gasteiger charge is 2.37. The van der Waals surface area contributed by atoms with Gasteiger partial charge in [0.15, 0.2) is 0 Å². The van der Waals surface area contributed by atoms with Crippen LogP contribution in [0.2, 0.25) is 0 Å². The van der Waals surface area contributed by atoms with Crippen LogP contribution in [-0.2, 0) is 5.67 Å². The van der Waals surface area contributed by atoms with Gasteiger partial charge in [-0.3, -0.25) is 4.79 Å². The number of benzene rings is 2. The zero-order valence-corrected chi connectivity index (χ0v) is 15.5. The summed E-state index contributed by atoms with van der Waals surface area (Å²) in [7, 11) is 0. The van der Waals surface area contributed by atoms with E-state index in [0.717, 1.165) is 5.56 Å². The van der Waals surface area contributed by atoms with Gasteiger partial charge in [-0.25, -0.2) is 9.18 Å². The van der Waals surface area contributed by atoms with Gasteiger partial charge in [-0.15, -0.1) is 0 Å². The van der Waals surface area contributed by atoms with Crippen molar-refractivity contribution in [2.45, 2.75) is 25.4 Å². The molecule has 2 aromatic carbocycles. The molecule has 0 aliphatic carbocycles. The summed E-state index contributed by atoms with van der Waals surface area (Å²) in [6.07, 6.45) is 0.367. The summed E-state index contributed by atoms with van der Waals surface area (Å²) in [5, 5.41) is 11.4. The molecule has 144 valence electrons. The Hall–Kier alpha value is -3.40. The van der Waals surface area contributed by atoms with Crippen molar-refractivity contribution in [3.63, 3.8) is 0 Å². The number of nitriles is 1. The zero-order valence-electron chi connectivity index (χ0n) is 15.5. The minimum Gasteiger partial charge on any atom is -0.351 e. The number of urea groups is 1. The molecular weight excluding hydrogens is 359 g/mol. The number of likely N-dealkylation sites (tertiary alicyclic amines) is 1. The summed E-state index contributed by atoms with van der Waals surface area (Å²) in [5.41, 5.74) is 6.34. The second kappa shape index (κ2) is 7.69. The summed E-state index contributed by atoms with van der Waals surface area (Å²) >= 11 is 0. The van der Waals surface area contributed by atoms with E-state index in [1.54, 1.807) is 54.3 Å². The second-order valence-electron chi connectivity index (χ2n) is 6.97. The lowest BCUT2D eigenvalue weighted by molar-refractivity contribution is 0.0421. The third-order valence-electron chi connectivity index (χ3n) is 5.12. The average molecular weight is 380 g/mol. The van der Waals surface area contributed by atoms with Crippen LogP contribution in [0.15, 0.2) is 42.5 Å². The molecule has 0 unspecified atom stereocenters. The number of primary amides is 1. The summed E-state index contributed by atoms with van der Waals surface area (Å²) in [6.45, 7) is 2.36. The van der Waals surface area contributed by atoms with Gasteiger partial charge in [0.2, 0.25) is 0 Å². The van der Waals surface area contributed by atoms with Gasteiger partial charge in [0.05, 0.1) is 11.6 Å². The van der Waals surface area contributed by atoms with Crippen LogP contribution in [0.25, 0.3) is 0 Å². The Kier molecular flexibility index (Phi) is 5.32. The number of hydrogen-bond donors (Lipinski definition) is 2. The van der Waals surface area contributed by atoms with Crippen molar-refractivity contribution >= 4 is 17.6 Å². The van der Waals surface area contributed by atoms with E-state index in [1.807, 2.05) is 6.07 Å². The number of aryl methyl sites for hydroxylation is 1. The molecular formula is C21H21FN4O2. The van der Waals surface area contributed by atoms with Crippen LogP contribution >= 0.6 is 0 Å². The SMILES string of the molecule is Cc1ccc(C(=O)N2CCC(F)(c3ccc(C#N)cc3)CC2)cc1NC(N)=O. The van der Waals surface area contributed by atoms with Crippen molar-refractivity contribution in [3.8, 4) is 6.07 Å². The molecule has 0 saturated carbocycles. The van der Waals surface area contributed by atoms with Crippen LogP contribution in [0.5, 0.6) is 0 Å². The zero-order chi connectivity index (χ0) is 20.3. The Bertz CT molecular complexity index is 942. The Morgan fingerprint density at radius 2 is 1.82 bits per heavy atom. The van der Waals surface area contributed by atoms with Crippen molar-refractivity contribution in [2.75, 3.05) is 18.4 Å². The highest BCUT2D eigenvalue weighted by atomic mass is 19.1. The van der Waals surface area contributed by atoms with E-state index < -0.39 is 11.7 Å². The fourth-order valence-corrected chi connectivity index (χ4v) is 3.40. The Labute approximate surface area is 162 Å². The highest BCUT2D eigenvalue weighted by molar-refractivity contribution is 5.97. The van der Waals surface area contributed by atoms with Gasteiger partial charge in [0.25, 0.3) is 5.91 Å². The molecule has 0 radical (unpaired) electrons. The minimum atomic E-state index is -1.52. The second-order valence-corrected chi connectivity index (χ2v) is 6.97. The number of nitrogens with one attached hydrogen (secondary N) is 1. The van der Waals surface area contributed by atoms with Gasteiger partial charge in [0.1, 0.15) is 5.67 Å². The molecule has 0 atom stereocenters. The minimum absolute atomic E-state index is 0.183. The number of alkyl halides is 1. The molecule has 2 aromatic rings. The van der Waals surface area contributed by atoms with Gasteiger partial charge in [-0.2, -0.15) is 5.26 Å². The summed E-state index contributed by atoms with van der Waals surface area (Å²) in [6, 6.07) is 12.8. The third kappa shape index (κ3) is 3.96. The highest BCUT2D eigenvalue weighted by Crippen LogP contribution is 2.37. The van der Waals surface area contributed by atoms with Crippen molar-refractivity contribution in [1.82, 2.24) is 4.90 Å². The van der Waals surface area contributed by atoms with Gasteiger partial charge in [-0.1, -0.05) is 18.2 Å². The van der Waals surface area contributed by atoms with Crippen LogP contribution in [0, 0.1) is 18.3 Å². The number of anilines is 1. The standard InChI is InChI=1S/C21H21FN4O2/c1-14-2-5-16(12-18(14)25-20(24)28)19(27)26-10-8-21(22,9-11-26)17-6-3-15(13-23)4-7-17/h2-7,12H,8-11H2,1H3,(H3,24,25,28). The average Bonchev–Trinajstić information content (AvgIpc) is 2.69. The fraction of sp³-hybridized carbons (Fsp3) is 0.286. The lowest BCUT2D eigenvalue weighted by Gasteiger charge is -2.36. The lowest BCUT2D eigenvalue weighted by atomic mass is 9.85. The van der Waals surface area contributed by atoms with Crippen LogP contribution in [-0.4, -0.2) is 29.9 Å². The summed E-state index contributed by atoms with van der Waals surface area (Å²) in [4.78, 5) is 25.5. The van der Waals surface area contributed by atoms with Crippen LogP contribution in [0.4, 0.5) is 14.9 Å². The van der Waals surface area contributed by atoms with Crippen LogP contribution in [0.1, 0.15) is 39.9 Å². The van der Waals surface area contributed by atoms with Gasteiger partial charge >= 0.3 is 6.03 Å². The quantitative estimate of drug-likeness (QED) is 0.853. The van der Waals surface area contributed by atoms with Crippen molar-refractivity contribution in [2.24, 2.45) is 5.73 Å². The molecule has 1 saturated heterocycles. The predicted octanol–water partition coefficient (Wildman–Crippen LogP) is 3.46. The number of rotatable bonds is 3. The molecule has 6 nitrogen and oxygen atoms in total. The van der Waals surface area contributed by atoms with Crippen LogP contribution < -0.4 is 11.1 Å². The van der Waals surface area contributed by atoms with E-state index >= 15 is 4.39 Å². The molecule has 3 amide bonds. The molecule has 1 aliphatic rings. The van der Waals surface area contributed by atoms with E-state index in [1.165, 1.54) is 0 Å². The van der Waals surface area contributed by atoms with Gasteiger partial charge in [-0.05, 0) is 42.3 Å². The Morgan fingerprint density at radius 1 is 1.18 bits per heavy atom. The number of carbonyl (C=O) groups is 2. The largest absolute Gasteiger partial charge is 0.351 e. The maximum Gasteiger partial charge on any atom is 0.316 e. The third-order valence-corrected chi connectivity index (χ3v) is 5.12. The molecule has 3 N–H and O–H groups in total. The van der Waals surface area contributed by atoms with E-state index in [2.05, 4.69) is 5.32 Å². The van der Waals surface area contributed by atoms with E-state index in [0.29, 0.717) is 22.4 Å². The molecule has 0 aromatic heterocycles. The van der Waals surface area contributed by atoms with Crippen molar-refractivity contribution in [1.29, 1.82) is 5.26 Å². The molecule has 28 heavy (non-hydrogen) atoms. The summed E-state index contributed by atoms with van der Waals surface area (Å²) in [5.74, 6) is -0.214. The molecule has 0 spiro atoms. The normalized spacial score (nSPS) is 15.5. The van der Waals surface area contributed by atoms with Crippen molar-refractivity contribution < 1.29 is 14.0 Å². The number of halogens is 1. The maximum absolute atomic E-state index is 15.4. The topological polar surface area (TPSA) is 99.2 Å². The molecule has 1 aliphatic heterocycles. The number of nitrogens with two attached hydrogens (primary N) is 1. The predicted molar refractivity (Wildman–Crippen MR) is 103 cm³/mol. The first kappa shape index (κ1) is 19.4. The number of nitrogens with zero attached hydrogens (tertiary/aromatic N) is 2. The van der Waals surface area contributed by atoms with Gasteiger partial charge in [0, 0.05) is 37.2 Å². The first-order chi connectivity index (χ1) is 13.3. The van der Waals surface area contributed by atoms with Crippen LogP contribution in [0.3, 0.4) is 0 Å². The van der Waals surface area contributed by atoms with E-state index in [9.17, 15) is 9.59 Å². The number of piperidine rings is 1. The van der Waals surface area contributed by atoms with E-state index in [-0.39, 0.29) is 31.8 Å². The smallest absolute Gasteiger partial charge is 0.316 e. The summed E-state index contributed by atoms with van der Waals surface area (Å²) < 4.78 is 15.4. The Balaban J connectivity index is 1.71. The first-order valence-electron chi connectivity index (χ1n) is 8.98. The number of amides is 3. The molecule has 7 heteroatoms. The molecule has 0 bridgehead atoms. The molecule has 3 rings (SSSR count). The maximum atomic E-state index is 15.4. The number of carbonyl (C=O) groups excluding carboxylic acids is 2. The fourth-order valence-electron chi connectivity index (χ4n) is 3.40. The molecule has 1 heterocycles. The molecule has 1 fully saturated rings. The Morgan fingerprint density at radius 3 is 2.39 bits per heavy atom. The van der Waals surface area contributed by atoms with Gasteiger partial charge < -0.3 is 16.0 Å².